The van der Waals surface area contributed by atoms with Crippen molar-refractivity contribution < 1.29 is 0 Å². The second-order valence-electron chi connectivity index (χ2n) is 5.00. The van der Waals surface area contributed by atoms with Crippen molar-refractivity contribution in [1.29, 1.82) is 0 Å². The predicted octanol–water partition coefficient (Wildman–Crippen LogP) is 7.07. The van der Waals surface area contributed by atoms with Gasteiger partial charge in [-0.2, -0.15) is 0 Å². The Morgan fingerprint density at radius 3 is 1.23 bits per heavy atom. The molecule has 0 bridgehead atoms. The van der Waals surface area contributed by atoms with E-state index in [-0.39, 0.29) is 0 Å². The molecule has 0 atom stereocenters. The van der Waals surface area contributed by atoms with Gasteiger partial charge in [0.25, 0.3) is 0 Å². The molecule has 0 unspecified atom stereocenters. The lowest BCUT2D eigenvalue weighted by atomic mass is 10.0. The molecule has 124 valence electrons. The van der Waals surface area contributed by atoms with Crippen LogP contribution in [-0.4, -0.2) is 4.98 Å². The van der Waals surface area contributed by atoms with Crippen LogP contribution < -0.4 is 0 Å². The Morgan fingerprint density at radius 2 is 0.955 bits per heavy atom. The van der Waals surface area contributed by atoms with Crippen molar-refractivity contribution in [2.24, 2.45) is 0 Å². The minimum absolute atomic E-state index is 0.619. The summed E-state index contributed by atoms with van der Waals surface area (Å²) in [5.41, 5.74) is 2.77. The second kappa shape index (κ2) is 15.8. The van der Waals surface area contributed by atoms with Crippen molar-refractivity contribution in [3.05, 3.63) is 66.0 Å². The molecule has 0 aliphatic carbocycles. The third-order valence-electron chi connectivity index (χ3n) is 2.84. The van der Waals surface area contributed by atoms with Crippen LogP contribution in [0, 0.1) is 0 Å². The van der Waals surface area contributed by atoms with Crippen LogP contribution in [0.4, 0.5) is 0 Å². The molecule has 0 amide bonds. The number of pyridine rings is 1. The zero-order valence-electron chi connectivity index (χ0n) is 15.8. The molecule has 0 N–H and O–H groups in total. The Bertz CT molecular complexity index is 375. The van der Waals surface area contributed by atoms with Crippen LogP contribution in [0.2, 0.25) is 0 Å². The van der Waals surface area contributed by atoms with E-state index in [1.165, 1.54) is 11.1 Å². The molecule has 1 heterocycles. The van der Waals surface area contributed by atoms with Crippen molar-refractivity contribution in [2.45, 2.75) is 67.2 Å². The Hall–Kier alpha value is -1.63. The van der Waals surface area contributed by atoms with E-state index in [9.17, 15) is 0 Å². The summed E-state index contributed by atoms with van der Waals surface area (Å²) < 4.78 is 0. The standard InChI is InChI=1S/C9H12.C8H11N.2C2H6/c1-8(2)9-6-4-3-5-7-9;1-7(2)8-3-5-9-6-4-8;2*1-2/h3-8H,1-2H3;3-7H,1-2H3;2*1-2H3. The van der Waals surface area contributed by atoms with Crippen molar-refractivity contribution in [1.82, 2.24) is 4.98 Å². The molecule has 0 saturated carbocycles. The van der Waals surface area contributed by atoms with Gasteiger partial charge in [-0.3, -0.25) is 4.98 Å². The largest absolute Gasteiger partial charge is 0.265 e. The van der Waals surface area contributed by atoms with Crippen molar-refractivity contribution in [2.75, 3.05) is 0 Å². The SMILES string of the molecule is CC.CC.CC(C)c1ccccc1.CC(C)c1ccncc1. The summed E-state index contributed by atoms with van der Waals surface area (Å²) in [6.45, 7) is 16.8. The highest BCUT2D eigenvalue weighted by Gasteiger charge is 1.94. The first-order valence-electron chi connectivity index (χ1n) is 8.56. The first-order valence-corrected chi connectivity index (χ1v) is 8.56. The normalized spacial score (nSPS) is 8.82. The summed E-state index contributed by atoms with van der Waals surface area (Å²) in [5.74, 6) is 1.28. The molecule has 22 heavy (non-hydrogen) atoms. The molecule has 2 rings (SSSR count). The molecule has 1 heteroatoms. The van der Waals surface area contributed by atoms with Gasteiger partial charge in [-0.1, -0.05) is 85.7 Å². The van der Waals surface area contributed by atoms with Gasteiger partial charge in [0.1, 0.15) is 0 Å². The summed E-state index contributed by atoms with van der Waals surface area (Å²) in [6, 6.07) is 14.6. The van der Waals surface area contributed by atoms with Gasteiger partial charge in [-0.05, 0) is 35.1 Å². The highest BCUT2D eigenvalue weighted by molar-refractivity contribution is 5.17. The maximum absolute atomic E-state index is 3.93. The smallest absolute Gasteiger partial charge is 0.0270 e. The molecule has 2 aromatic rings. The van der Waals surface area contributed by atoms with E-state index in [1.807, 2.05) is 58.3 Å². The quantitative estimate of drug-likeness (QED) is 0.578. The topological polar surface area (TPSA) is 12.9 Å². The van der Waals surface area contributed by atoms with Crippen LogP contribution in [0.15, 0.2) is 54.9 Å². The molecule has 0 saturated heterocycles. The van der Waals surface area contributed by atoms with E-state index in [0.717, 1.165) is 0 Å². The van der Waals surface area contributed by atoms with E-state index in [1.54, 1.807) is 0 Å². The summed E-state index contributed by atoms with van der Waals surface area (Å²) >= 11 is 0. The molecule has 1 nitrogen and oxygen atoms in total. The van der Waals surface area contributed by atoms with Crippen molar-refractivity contribution >= 4 is 0 Å². The predicted molar refractivity (Wildman–Crippen MR) is 102 cm³/mol. The maximum Gasteiger partial charge on any atom is 0.0270 e. The molecule has 0 fully saturated rings. The Labute approximate surface area is 138 Å². The van der Waals surface area contributed by atoms with Gasteiger partial charge in [-0.15, -0.1) is 0 Å². The average molecular weight is 302 g/mol. The average Bonchev–Trinajstić information content (AvgIpc) is 2.60. The third kappa shape index (κ3) is 11.1. The minimum Gasteiger partial charge on any atom is -0.265 e. The maximum atomic E-state index is 3.93. The highest BCUT2D eigenvalue weighted by atomic mass is 14.6. The van der Waals surface area contributed by atoms with Crippen LogP contribution in [-0.2, 0) is 0 Å². The molecule has 0 radical (unpaired) electrons. The number of hydrogen-bond donors (Lipinski definition) is 0. The van der Waals surface area contributed by atoms with Crippen molar-refractivity contribution in [3.8, 4) is 0 Å². The lowest BCUT2D eigenvalue weighted by Gasteiger charge is -2.01. The van der Waals surface area contributed by atoms with Crippen molar-refractivity contribution in [3.63, 3.8) is 0 Å². The van der Waals surface area contributed by atoms with Crippen LogP contribution in [0.5, 0.6) is 0 Å². The van der Waals surface area contributed by atoms with Gasteiger partial charge in [0.2, 0.25) is 0 Å². The first-order chi connectivity index (χ1) is 10.6. The lowest BCUT2D eigenvalue weighted by molar-refractivity contribution is 0.863. The lowest BCUT2D eigenvalue weighted by Crippen LogP contribution is -1.85. The molecule has 0 aliphatic rings. The molecule has 1 aromatic heterocycles. The molecular weight excluding hydrogens is 266 g/mol. The fraction of sp³-hybridized carbons (Fsp3) is 0.476. The number of hydrogen-bond acceptors (Lipinski definition) is 1. The monoisotopic (exact) mass is 301 g/mol. The molecule has 0 aliphatic heterocycles. The van der Waals surface area contributed by atoms with Crippen LogP contribution >= 0.6 is 0 Å². The van der Waals surface area contributed by atoms with Gasteiger partial charge in [-0.25, -0.2) is 0 Å². The van der Waals surface area contributed by atoms with E-state index in [0.29, 0.717) is 11.8 Å². The summed E-state index contributed by atoms with van der Waals surface area (Å²) in [4.78, 5) is 3.93. The number of aromatic nitrogens is 1. The third-order valence-corrected chi connectivity index (χ3v) is 2.84. The summed E-state index contributed by atoms with van der Waals surface area (Å²) in [5, 5.41) is 0. The fourth-order valence-corrected chi connectivity index (χ4v) is 1.59. The molecule has 1 aromatic carbocycles. The Balaban J connectivity index is 0. The van der Waals surface area contributed by atoms with Gasteiger partial charge in [0, 0.05) is 12.4 Å². The van der Waals surface area contributed by atoms with E-state index in [4.69, 9.17) is 0 Å². The van der Waals surface area contributed by atoms with Gasteiger partial charge in [0.05, 0.1) is 0 Å². The molecular formula is C21H35N. The van der Waals surface area contributed by atoms with E-state index in [2.05, 4.69) is 56.9 Å². The molecule has 0 spiro atoms. The zero-order valence-corrected chi connectivity index (χ0v) is 15.8. The van der Waals surface area contributed by atoms with E-state index >= 15 is 0 Å². The van der Waals surface area contributed by atoms with Gasteiger partial charge in [0.15, 0.2) is 0 Å². The number of rotatable bonds is 2. The second-order valence-corrected chi connectivity index (χ2v) is 5.00. The fourth-order valence-electron chi connectivity index (χ4n) is 1.59. The van der Waals surface area contributed by atoms with Crippen LogP contribution in [0.1, 0.15) is 78.4 Å². The van der Waals surface area contributed by atoms with Gasteiger partial charge < -0.3 is 0 Å². The number of nitrogens with zero attached hydrogens (tertiary/aromatic N) is 1. The minimum atomic E-state index is 0.619. The Morgan fingerprint density at radius 1 is 0.591 bits per heavy atom. The van der Waals surface area contributed by atoms with E-state index < -0.39 is 0 Å². The van der Waals surface area contributed by atoms with Gasteiger partial charge >= 0.3 is 0 Å². The van der Waals surface area contributed by atoms with Crippen LogP contribution in [0.25, 0.3) is 0 Å². The first kappa shape index (κ1) is 22.6. The van der Waals surface area contributed by atoms with Crippen LogP contribution in [0.3, 0.4) is 0 Å². The zero-order chi connectivity index (χ0) is 17.4. The summed E-state index contributed by atoms with van der Waals surface area (Å²) in [6.07, 6.45) is 3.66. The summed E-state index contributed by atoms with van der Waals surface area (Å²) in [7, 11) is 0. The highest BCUT2D eigenvalue weighted by Crippen LogP contribution is 2.12. The number of benzene rings is 1. The Kier molecular flexibility index (Phi) is 16.2.